The second-order valence-corrected chi connectivity index (χ2v) is 5.43. The van der Waals surface area contributed by atoms with E-state index in [0.29, 0.717) is 50.5 Å². The molecule has 1 N–H and O–H groups in total. The maximum absolute atomic E-state index is 12.6. The number of para-hydroxylation sites is 1. The molecule has 1 fully saturated rings. The molecule has 1 aromatic carbocycles. The highest BCUT2D eigenvalue weighted by Crippen LogP contribution is 2.24. The molecule has 1 aliphatic heterocycles. The van der Waals surface area contributed by atoms with Crippen LogP contribution in [0.2, 0.25) is 0 Å². The van der Waals surface area contributed by atoms with Crippen molar-refractivity contribution in [2.75, 3.05) is 33.4 Å². The summed E-state index contributed by atoms with van der Waals surface area (Å²) in [5.74, 6) is 0.440. The van der Waals surface area contributed by atoms with Gasteiger partial charge >= 0.3 is 0 Å². The standard InChI is InChI=1S/C16H23NO4/c1-3-21-14-7-5-4-6-13(14)15(18)17(2)12-16(19)8-10-20-11-9-16/h4-7,19H,3,8-12H2,1-2H3. The van der Waals surface area contributed by atoms with Gasteiger partial charge in [-0.2, -0.15) is 0 Å². The van der Waals surface area contributed by atoms with E-state index in [-0.39, 0.29) is 5.91 Å². The second-order valence-electron chi connectivity index (χ2n) is 5.43. The zero-order valence-electron chi connectivity index (χ0n) is 12.7. The Labute approximate surface area is 125 Å². The molecule has 5 heteroatoms. The van der Waals surface area contributed by atoms with Crippen LogP contribution in [-0.4, -0.2) is 54.9 Å². The van der Waals surface area contributed by atoms with Crippen molar-refractivity contribution < 1.29 is 19.4 Å². The molecule has 1 saturated heterocycles. The van der Waals surface area contributed by atoms with Crippen LogP contribution < -0.4 is 4.74 Å². The molecule has 0 aromatic heterocycles. The van der Waals surface area contributed by atoms with E-state index in [2.05, 4.69) is 0 Å². The number of carbonyl (C=O) groups is 1. The number of benzene rings is 1. The third-order valence-electron chi connectivity index (χ3n) is 3.72. The van der Waals surface area contributed by atoms with Gasteiger partial charge in [-0.05, 0) is 19.1 Å². The fraction of sp³-hybridized carbons (Fsp3) is 0.562. The molecule has 1 heterocycles. The van der Waals surface area contributed by atoms with E-state index in [0.717, 1.165) is 0 Å². The molecule has 1 aromatic rings. The van der Waals surface area contributed by atoms with Crippen molar-refractivity contribution in [3.63, 3.8) is 0 Å². The molecule has 0 spiro atoms. The average Bonchev–Trinajstić information content (AvgIpc) is 2.47. The molecular weight excluding hydrogens is 270 g/mol. The number of ether oxygens (including phenoxy) is 2. The Morgan fingerprint density at radius 3 is 2.71 bits per heavy atom. The van der Waals surface area contributed by atoms with Gasteiger partial charge in [0.25, 0.3) is 5.91 Å². The second kappa shape index (κ2) is 6.91. The number of likely N-dealkylation sites (N-methyl/N-ethyl adjacent to an activating group) is 1. The average molecular weight is 293 g/mol. The van der Waals surface area contributed by atoms with E-state index < -0.39 is 5.60 Å². The molecule has 0 radical (unpaired) electrons. The lowest BCUT2D eigenvalue weighted by Gasteiger charge is -2.35. The van der Waals surface area contributed by atoms with Gasteiger partial charge in [-0.25, -0.2) is 0 Å². The van der Waals surface area contributed by atoms with Gasteiger partial charge in [0, 0.05) is 39.6 Å². The maximum Gasteiger partial charge on any atom is 0.257 e. The Morgan fingerprint density at radius 1 is 1.38 bits per heavy atom. The molecule has 0 unspecified atom stereocenters. The van der Waals surface area contributed by atoms with Crippen LogP contribution in [0.5, 0.6) is 5.75 Å². The van der Waals surface area contributed by atoms with E-state index in [1.54, 1.807) is 24.1 Å². The van der Waals surface area contributed by atoms with Crippen LogP contribution in [-0.2, 0) is 4.74 Å². The highest BCUT2D eigenvalue weighted by molar-refractivity contribution is 5.96. The largest absolute Gasteiger partial charge is 0.493 e. The van der Waals surface area contributed by atoms with Crippen LogP contribution in [0, 0.1) is 0 Å². The van der Waals surface area contributed by atoms with Gasteiger partial charge in [-0.3, -0.25) is 4.79 Å². The zero-order valence-corrected chi connectivity index (χ0v) is 12.7. The van der Waals surface area contributed by atoms with E-state index >= 15 is 0 Å². The lowest BCUT2D eigenvalue weighted by molar-refractivity contribution is -0.0734. The van der Waals surface area contributed by atoms with E-state index in [1.807, 2.05) is 19.1 Å². The zero-order chi connectivity index (χ0) is 15.3. The van der Waals surface area contributed by atoms with Gasteiger partial charge in [0.05, 0.1) is 17.8 Å². The maximum atomic E-state index is 12.6. The molecule has 116 valence electrons. The van der Waals surface area contributed by atoms with Crippen LogP contribution in [0.4, 0.5) is 0 Å². The third kappa shape index (κ3) is 3.95. The molecule has 21 heavy (non-hydrogen) atoms. The fourth-order valence-electron chi connectivity index (χ4n) is 2.55. The molecular formula is C16H23NO4. The number of hydrogen-bond donors (Lipinski definition) is 1. The predicted octanol–water partition coefficient (Wildman–Crippen LogP) is 1.70. The first-order chi connectivity index (χ1) is 10.1. The van der Waals surface area contributed by atoms with Crippen molar-refractivity contribution >= 4 is 5.91 Å². The van der Waals surface area contributed by atoms with Crippen molar-refractivity contribution in [1.29, 1.82) is 0 Å². The summed E-state index contributed by atoms with van der Waals surface area (Å²) in [6.45, 7) is 3.77. The summed E-state index contributed by atoms with van der Waals surface area (Å²) in [5, 5.41) is 10.5. The fourth-order valence-corrected chi connectivity index (χ4v) is 2.55. The highest BCUT2D eigenvalue weighted by atomic mass is 16.5. The summed E-state index contributed by atoms with van der Waals surface area (Å²) in [6, 6.07) is 7.19. The topological polar surface area (TPSA) is 59.0 Å². The number of carbonyl (C=O) groups excluding carboxylic acids is 1. The van der Waals surface area contributed by atoms with Gasteiger partial charge in [-0.1, -0.05) is 12.1 Å². The van der Waals surface area contributed by atoms with Crippen LogP contribution >= 0.6 is 0 Å². The molecule has 1 amide bonds. The minimum Gasteiger partial charge on any atom is -0.493 e. The first kappa shape index (κ1) is 15.8. The SMILES string of the molecule is CCOc1ccccc1C(=O)N(C)CC1(O)CCOCC1. The van der Waals surface area contributed by atoms with Gasteiger partial charge in [0.2, 0.25) is 0 Å². The molecule has 1 aliphatic rings. The number of hydrogen-bond acceptors (Lipinski definition) is 4. The smallest absolute Gasteiger partial charge is 0.257 e. The normalized spacial score (nSPS) is 17.3. The Bertz CT molecular complexity index is 483. The summed E-state index contributed by atoms with van der Waals surface area (Å²) in [6.07, 6.45) is 1.11. The predicted molar refractivity (Wildman–Crippen MR) is 79.6 cm³/mol. The van der Waals surface area contributed by atoms with Crippen LogP contribution in [0.25, 0.3) is 0 Å². The van der Waals surface area contributed by atoms with Crippen LogP contribution in [0.3, 0.4) is 0 Å². The first-order valence-electron chi connectivity index (χ1n) is 7.33. The highest BCUT2D eigenvalue weighted by Gasteiger charge is 2.33. The monoisotopic (exact) mass is 293 g/mol. The van der Waals surface area contributed by atoms with E-state index in [9.17, 15) is 9.90 Å². The van der Waals surface area contributed by atoms with Crippen LogP contribution in [0.1, 0.15) is 30.1 Å². The van der Waals surface area contributed by atoms with E-state index in [1.165, 1.54) is 0 Å². The van der Waals surface area contributed by atoms with Gasteiger partial charge in [-0.15, -0.1) is 0 Å². The lowest BCUT2D eigenvalue weighted by Crippen LogP contribution is -2.47. The Hall–Kier alpha value is -1.59. The molecule has 0 aliphatic carbocycles. The van der Waals surface area contributed by atoms with Gasteiger partial charge < -0.3 is 19.5 Å². The molecule has 0 atom stereocenters. The summed E-state index contributed by atoms with van der Waals surface area (Å²) < 4.78 is 10.8. The van der Waals surface area contributed by atoms with Crippen molar-refractivity contribution in [3.8, 4) is 5.75 Å². The van der Waals surface area contributed by atoms with Crippen molar-refractivity contribution in [3.05, 3.63) is 29.8 Å². The number of amides is 1. The third-order valence-corrected chi connectivity index (χ3v) is 3.72. The summed E-state index contributed by atoms with van der Waals surface area (Å²) >= 11 is 0. The number of nitrogens with zero attached hydrogens (tertiary/aromatic N) is 1. The Kier molecular flexibility index (Phi) is 5.20. The lowest BCUT2D eigenvalue weighted by atomic mass is 9.93. The van der Waals surface area contributed by atoms with E-state index in [4.69, 9.17) is 9.47 Å². The minimum atomic E-state index is -0.858. The van der Waals surface area contributed by atoms with Crippen LogP contribution in [0.15, 0.2) is 24.3 Å². The van der Waals surface area contributed by atoms with Crippen molar-refractivity contribution in [1.82, 2.24) is 4.90 Å². The number of rotatable bonds is 5. The molecule has 2 rings (SSSR count). The van der Waals surface area contributed by atoms with Gasteiger partial charge in [0.15, 0.2) is 0 Å². The summed E-state index contributed by atoms with van der Waals surface area (Å²) in [5.41, 5.74) is -0.332. The Morgan fingerprint density at radius 2 is 2.05 bits per heavy atom. The Balaban J connectivity index is 2.08. The molecule has 0 saturated carbocycles. The molecule has 0 bridgehead atoms. The van der Waals surface area contributed by atoms with Gasteiger partial charge in [0.1, 0.15) is 5.75 Å². The molecule has 5 nitrogen and oxygen atoms in total. The van der Waals surface area contributed by atoms with Crippen molar-refractivity contribution in [2.45, 2.75) is 25.4 Å². The first-order valence-corrected chi connectivity index (χ1v) is 7.33. The quantitative estimate of drug-likeness (QED) is 0.897. The van der Waals surface area contributed by atoms with Crippen molar-refractivity contribution in [2.24, 2.45) is 0 Å². The number of aliphatic hydroxyl groups is 1. The summed E-state index contributed by atoms with van der Waals surface area (Å²) in [7, 11) is 1.71. The minimum absolute atomic E-state index is 0.140. The summed E-state index contributed by atoms with van der Waals surface area (Å²) in [4.78, 5) is 14.1.